The fourth-order valence-electron chi connectivity index (χ4n) is 2.00. The van der Waals surface area contributed by atoms with Crippen LogP contribution in [-0.2, 0) is 18.4 Å². The van der Waals surface area contributed by atoms with Crippen LogP contribution < -0.4 is 0 Å². The quantitative estimate of drug-likeness (QED) is 0.905. The molecule has 0 fully saturated rings. The highest BCUT2D eigenvalue weighted by Gasteiger charge is 2.27. The first-order valence-electron chi connectivity index (χ1n) is 6.55. The van der Waals surface area contributed by atoms with Crippen molar-refractivity contribution in [3.05, 3.63) is 53.9 Å². The molecule has 1 N–H and O–H groups in total. The third-order valence-electron chi connectivity index (χ3n) is 3.23. The minimum Gasteiger partial charge on any atom is -0.480 e. The predicted octanol–water partition coefficient (Wildman–Crippen LogP) is 1.54. The van der Waals surface area contributed by atoms with Gasteiger partial charge in [0, 0.05) is 19.8 Å². The number of rotatable bonds is 5. The maximum absolute atomic E-state index is 12.5. The summed E-state index contributed by atoms with van der Waals surface area (Å²) in [6.07, 6.45) is 3.02. The SMILES string of the molecule is C[C@@H](C(=O)O)N(Cc1ccccc1)C(=O)c1cnn(C)c1. The zero-order chi connectivity index (χ0) is 15.4. The van der Waals surface area contributed by atoms with Crippen molar-refractivity contribution in [1.29, 1.82) is 0 Å². The van der Waals surface area contributed by atoms with Gasteiger partial charge in [0.1, 0.15) is 6.04 Å². The minimum absolute atomic E-state index is 0.238. The van der Waals surface area contributed by atoms with Gasteiger partial charge in [-0.25, -0.2) is 4.79 Å². The van der Waals surface area contributed by atoms with Crippen LogP contribution in [-0.4, -0.2) is 37.7 Å². The molecule has 0 bridgehead atoms. The molecular weight excluding hydrogens is 270 g/mol. The Balaban J connectivity index is 2.27. The molecule has 1 amide bonds. The van der Waals surface area contributed by atoms with Crippen molar-refractivity contribution in [3.8, 4) is 0 Å². The number of benzene rings is 1. The number of carbonyl (C=O) groups is 2. The van der Waals surface area contributed by atoms with Gasteiger partial charge in [-0.05, 0) is 12.5 Å². The molecule has 0 radical (unpaired) electrons. The molecule has 0 aliphatic carbocycles. The summed E-state index contributed by atoms with van der Waals surface area (Å²) in [5, 5.41) is 13.2. The van der Waals surface area contributed by atoms with E-state index in [1.807, 2.05) is 30.3 Å². The Kier molecular flexibility index (Phi) is 4.37. The number of nitrogens with zero attached hydrogens (tertiary/aromatic N) is 3. The molecule has 0 saturated heterocycles. The third kappa shape index (κ3) is 3.47. The van der Waals surface area contributed by atoms with Crippen molar-refractivity contribution >= 4 is 11.9 Å². The number of aromatic nitrogens is 2. The van der Waals surface area contributed by atoms with Crippen LogP contribution in [0.2, 0.25) is 0 Å². The lowest BCUT2D eigenvalue weighted by atomic mass is 10.1. The molecule has 110 valence electrons. The van der Waals surface area contributed by atoms with Gasteiger partial charge in [-0.1, -0.05) is 30.3 Å². The van der Waals surface area contributed by atoms with E-state index in [1.165, 1.54) is 22.7 Å². The van der Waals surface area contributed by atoms with Gasteiger partial charge >= 0.3 is 5.97 Å². The largest absolute Gasteiger partial charge is 0.480 e. The second-order valence-corrected chi connectivity index (χ2v) is 4.84. The van der Waals surface area contributed by atoms with Gasteiger partial charge in [-0.15, -0.1) is 0 Å². The van der Waals surface area contributed by atoms with Gasteiger partial charge in [0.25, 0.3) is 5.91 Å². The predicted molar refractivity (Wildman–Crippen MR) is 76.6 cm³/mol. The van der Waals surface area contributed by atoms with E-state index < -0.39 is 12.0 Å². The smallest absolute Gasteiger partial charge is 0.326 e. The van der Waals surface area contributed by atoms with Crippen LogP contribution in [0.1, 0.15) is 22.8 Å². The number of aliphatic carboxylic acids is 1. The Morgan fingerprint density at radius 3 is 2.52 bits per heavy atom. The number of carboxylic acid groups (broad SMARTS) is 1. The van der Waals surface area contributed by atoms with Crippen LogP contribution in [0.25, 0.3) is 0 Å². The van der Waals surface area contributed by atoms with Crippen LogP contribution in [0.4, 0.5) is 0 Å². The Morgan fingerprint density at radius 2 is 2.00 bits per heavy atom. The summed E-state index contributed by atoms with van der Waals surface area (Å²) in [6.45, 7) is 1.74. The lowest BCUT2D eigenvalue weighted by Gasteiger charge is -2.26. The second-order valence-electron chi connectivity index (χ2n) is 4.84. The number of hydrogen-bond donors (Lipinski definition) is 1. The maximum Gasteiger partial charge on any atom is 0.326 e. The molecule has 1 aromatic carbocycles. The monoisotopic (exact) mass is 287 g/mol. The summed E-state index contributed by atoms with van der Waals surface area (Å²) in [5.41, 5.74) is 1.25. The van der Waals surface area contributed by atoms with E-state index in [4.69, 9.17) is 0 Å². The van der Waals surface area contributed by atoms with Crippen molar-refractivity contribution in [1.82, 2.24) is 14.7 Å². The van der Waals surface area contributed by atoms with Gasteiger partial charge < -0.3 is 10.0 Å². The fourth-order valence-corrected chi connectivity index (χ4v) is 2.00. The molecule has 6 nitrogen and oxygen atoms in total. The highest BCUT2D eigenvalue weighted by atomic mass is 16.4. The highest BCUT2D eigenvalue weighted by molar-refractivity contribution is 5.96. The molecule has 0 spiro atoms. The van der Waals surface area contributed by atoms with Crippen LogP contribution in [0, 0.1) is 0 Å². The summed E-state index contributed by atoms with van der Waals surface area (Å²) in [4.78, 5) is 25.1. The van der Waals surface area contributed by atoms with E-state index in [-0.39, 0.29) is 12.5 Å². The molecule has 2 aromatic rings. The van der Waals surface area contributed by atoms with Crippen molar-refractivity contribution in [2.45, 2.75) is 19.5 Å². The van der Waals surface area contributed by atoms with E-state index in [0.717, 1.165) is 5.56 Å². The Hall–Kier alpha value is -2.63. The molecular formula is C15H17N3O3. The summed E-state index contributed by atoms with van der Waals surface area (Å²) < 4.78 is 1.51. The topological polar surface area (TPSA) is 75.4 Å². The second kappa shape index (κ2) is 6.21. The van der Waals surface area contributed by atoms with Crippen molar-refractivity contribution in [2.24, 2.45) is 7.05 Å². The summed E-state index contributed by atoms with van der Waals surface area (Å²) in [7, 11) is 1.71. The van der Waals surface area contributed by atoms with Crippen molar-refractivity contribution < 1.29 is 14.7 Å². The van der Waals surface area contributed by atoms with Gasteiger partial charge in [0.15, 0.2) is 0 Å². The minimum atomic E-state index is -1.04. The van der Waals surface area contributed by atoms with Crippen LogP contribution in [0.5, 0.6) is 0 Å². The molecule has 0 saturated carbocycles. The molecule has 0 aliphatic rings. The first-order chi connectivity index (χ1) is 9.99. The molecule has 6 heteroatoms. The number of hydrogen-bond acceptors (Lipinski definition) is 3. The Morgan fingerprint density at radius 1 is 1.33 bits per heavy atom. The molecule has 2 rings (SSSR count). The van der Waals surface area contributed by atoms with Crippen LogP contribution >= 0.6 is 0 Å². The molecule has 1 atom stereocenters. The van der Waals surface area contributed by atoms with Gasteiger partial charge in [-0.3, -0.25) is 9.48 Å². The van der Waals surface area contributed by atoms with E-state index in [0.29, 0.717) is 5.56 Å². The zero-order valence-electron chi connectivity index (χ0n) is 11.9. The molecule has 21 heavy (non-hydrogen) atoms. The lowest BCUT2D eigenvalue weighted by Crippen LogP contribution is -2.42. The number of aryl methyl sites for hydroxylation is 1. The van der Waals surface area contributed by atoms with E-state index >= 15 is 0 Å². The first-order valence-corrected chi connectivity index (χ1v) is 6.55. The standard InChI is InChI=1S/C15H17N3O3/c1-11(15(20)21)18(9-12-6-4-3-5-7-12)14(19)13-8-16-17(2)10-13/h3-8,10-11H,9H2,1-2H3,(H,20,21)/t11-/m0/s1. The molecule has 0 unspecified atom stereocenters. The highest BCUT2D eigenvalue weighted by Crippen LogP contribution is 2.13. The molecule has 1 heterocycles. The van der Waals surface area contributed by atoms with Crippen LogP contribution in [0.15, 0.2) is 42.7 Å². The van der Waals surface area contributed by atoms with Crippen molar-refractivity contribution in [3.63, 3.8) is 0 Å². The normalized spacial score (nSPS) is 11.9. The zero-order valence-corrected chi connectivity index (χ0v) is 11.9. The average Bonchev–Trinajstić information content (AvgIpc) is 2.91. The molecule has 0 aliphatic heterocycles. The number of carbonyl (C=O) groups excluding carboxylic acids is 1. The van der Waals surface area contributed by atoms with Gasteiger partial charge in [0.05, 0.1) is 11.8 Å². The van der Waals surface area contributed by atoms with Gasteiger partial charge in [-0.2, -0.15) is 5.10 Å². The number of carboxylic acids is 1. The van der Waals surface area contributed by atoms with Crippen molar-refractivity contribution in [2.75, 3.05) is 0 Å². The van der Waals surface area contributed by atoms with E-state index in [2.05, 4.69) is 5.10 Å². The van der Waals surface area contributed by atoms with E-state index in [1.54, 1.807) is 13.2 Å². The summed E-state index contributed by atoms with van der Waals surface area (Å²) >= 11 is 0. The Bertz CT molecular complexity index is 637. The Labute approximate surface area is 122 Å². The molecule has 1 aromatic heterocycles. The maximum atomic E-state index is 12.5. The third-order valence-corrected chi connectivity index (χ3v) is 3.23. The van der Waals surface area contributed by atoms with E-state index in [9.17, 15) is 14.7 Å². The lowest BCUT2D eigenvalue weighted by molar-refractivity contribution is -0.141. The fraction of sp³-hybridized carbons (Fsp3) is 0.267. The average molecular weight is 287 g/mol. The number of amides is 1. The van der Waals surface area contributed by atoms with Crippen LogP contribution in [0.3, 0.4) is 0 Å². The summed E-state index contributed by atoms with van der Waals surface area (Å²) in [5.74, 6) is -1.38. The summed E-state index contributed by atoms with van der Waals surface area (Å²) in [6, 6.07) is 8.38. The first kappa shape index (κ1) is 14.8. The van der Waals surface area contributed by atoms with Gasteiger partial charge in [0.2, 0.25) is 0 Å².